The second-order valence-electron chi connectivity index (χ2n) is 11.4. The topological polar surface area (TPSA) is 90.9 Å². The number of aryl methyl sites for hydroxylation is 1. The first-order chi connectivity index (χ1) is 22.2. The molecular weight excluding hydrogens is 641 g/mol. The number of rotatable bonds is 11. The summed E-state index contributed by atoms with van der Waals surface area (Å²) in [5.41, 5.74) is 4.19. The number of anilines is 1. The molecule has 3 N–H and O–H groups in total. The highest BCUT2D eigenvalue weighted by Gasteiger charge is 2.37. The van der Waals surface area contributed by atoms with Crippen molar-refractivity contribution in [3.63, 3.8) is 0 Å². The van der Waals surface area contributed by atoms with Crippen molar-refractivity contribution >= 4 is 53.5 Å². The molecule has 1 aliphatic rings. The maximum atomic E-state index is 14.1. The van der Waals surface area contributed by atoms with Gasteiger partial charge in [0, 0.05) is 31.7 Å². The van der Waals surface area contributed by atoms with Crippen molar-refractivity contribution in [2.75, 3.05) is 25.5 Å². The Morgan fingerprint density at radius 3 is 2.17 bits per heavy atom. The third kappa shape index (κ3) is 8.24. The van der Waals surface area contributed by atoms with Crippen LogP contribution in [0.25, 0.3) is 0 Å². The van der Waals surface area contributed by atoms with E-state index in [9.17, 15) is 14.7 Å². The van der Waals surface area contributed by atoms with Gasteiger partial charge in [-0.05, 0) is 53.3 Å². The molecule has 10 heteroatoms. The van der Waals surface area contributed by atoms with Gasteiger partial charge in [-0.3, -0.25) is 9.69 Å². The van der Waals surface area contributed by atoms with Gasteiger partial charge in [0.05, 0.1) is 27.5 Å². The lowest BCUT2D eigenvalue weighted by molar-refractivity contribution is -0.120. The SMILES string of the molecule is CN(C(=O)O)[C@H](C(=O)Nc1ccccc1CC[C@@H]1CNC[C@@H](C(S)c2ccc(Cl)c(Cl)c2)O1)C(c1ccccc1)c1ccccc1. The maximum absolute atomic E-state index is 14.1. The Bertz CT molecular complexity index is 1590. The second kappa shape index (κ2) is 15.8. The number of likely N-dealkylation sites (N-methyl/N-ethyl adjacent to an activating group) is 1. The first-order valence-corrected chi connectivity index (χ1v) is 16.4. The minimum absolute atomic E-state index is 0.0774. The quantitative estimate of drug-likeness (QED) is 0.122. The number of morpholine rings is 1. The number of thiol groups is 1. The van der Waals surface area contributed by atoms with E-state index in [4.69, 9.17) is 40.6 Å². The second-order valence-corrected chi connectivity index (χ2v) is 12.8. The van der Waals surface area contributed by atoms with Gasteiger partial charge >= 0.3 is 6.09 Å². The Kier molecular flexibility index (Phi) is 11.7. The van der Waals surface area contributed by atoms with E-state index in [0.717, 1.165) is 27.2 Å². The molecule has 1 aliphatic heterocycles. The molecule has 2 amide bonds. The smallest absolute Gasteiger partial charge is 0.407 e. The van der Waals surface area contributed by atoms with E-state index in [-0.39, 0.29) is 17.5 Å². The third-order valence-electron chi connectivity index (χ3n) is 8.35. The van der Waals surface area contributed by atoms with Gasteiger partial charge in [0.15, 0.2) is 0 Å². The molecule has 0 spiro atoms. The van der Waals surface area contributed by atoms with Crippen molar-refractivity contribution in [1.29, 1.82) is 0 Å². The van der Waals surface area contributed by atoms with E-state index in [0.29, 0.717) is 41.7 Å². The Morgan fingerprint density at radius 1 is 0.913 bits per heavy atom. The van der Waals surface area contributed by atoms with Crippen molar-refractivity contribution in [3.05, 3.63) is 135 Å². The van der Waals surface area contributed by atoms with Crippen LogP contribution in [0.5, 0.6) is 0 Å². The molecule has 0 aliphatic carbocycles. The van der Waals surface area contributed by atoms with Crippen LogP contribution in [0, 0.1) is 0 Å². The fourth-order valence-electron chi connectivity index (χ4n) is 5.93. The lowest BCUT2D eigenvalue weighted by Gasteiger charge is -2.34. The predicted molar refractivity (Wildman–Crippen MR) is 187 cm³/mol. The van der Waals surface area contributed by atoms with Crippen LogP contribution in [0.3, 0.4) is 0 Å². The molecule has 4 aromatic rings. The average molecular weight is 679 g/mol. The molecule has 240 valence electrons. The zero-order valence-electron chi connectivity index (χ0n) is 25.4. The summed E-state index contributed by atoms with van der Waals surface area (Å²) in [5.74, 6) is -0.941. The van der Waals surface area contributed by atoms with Crippen molar-refractivity contribution in [2.45, 2.75) is 42.3 Å². The molecule has 46 heavy (non-hydrogen) atoms. The van der Waals surface area contributed by atoms with Gasteiger partial charge in [0.1, 0.15) is 6.04 Å². The molecule has 7 nitrogen and oxygen atoms in total. The molecule has 4 aromatic carbocycles. The Labute approximate surface area is 285 Å². The molecule has 1 heterocycles. The van der Waals surface area contributed by atoms with Crippen LogP contribution >= 0.6 is 35.8 Å². The molecule has 1 unspecified atom stereocenters. The fourth-order valence-corrected chi connectivity index (χ4v) is 6.57. The number of amides is 2. The number of nitrogens with zero attached hydrogens (tertiary/aromatic N) is 1. The van der Waals surface area contributed by atoms with Crippen LogP contribution in [0.1, 0.15) is 39.8 Å². The molecule has 0 radical (unpaired) electrons. The van der Waals surface area contributed by atoms with Crippen LogP contribution in [-0.2, 0) is 16.0 Å². The molecule has 1 fully saturated rings. The van der Waals surface area contributed by atoms with E-state index >= 15 is 0 Å². The van der Waals surface area contributed by atoms with Gasteiger partial charge in [0.25, 0.3) is 0 Å². The highest BCUT2D eigenvalue weighted by atomic mass is 35.5. The van der Waals surface area contributed by atoms with Crippen LogP contribution in [-0.4, -0.2) is 60.4 Å². The minimum Gasteiger partial charge on any atom is -0.465 e. The summed E-state index contributed by atoms with van der Waals surface area (Å²) in [6.07, 6.45) is -0.0985. The Balaban J connectivity index is 1.32. The summed E-state index contributed by atoms with van der Waals surface area (Å²) < 4.78 is 6.47. The summed E-state index contributed by atoms with van der Waals surface area (Å²) in [5, 5.41) is 17.4. The highest BCUT2D eigenvalue weighted by molar-refractivity contribution is 7.80. The van der Waals surface area contributed by atoms with Gasteiger partial charge < -0.3 is 20.5 Å². The van der Waals surface area contributed by atoms with Gasteiger partial charge in [-0.1, -0.05) is 108 Å². The number of hydrogen-bond acceptors (Lipinski definition) is 5. The number of benzene rings is 4. The number of ether oxygens (including phenoxy) is 1. The van der Waals surface area contributed by atoms with Gasteiger partial charge in [-0.15, -0.1) is 0 Å². The lowest BCUT2D eigenvalue weighted by Crippen LogP contribution is -2.48. The number of nitrogens with one attached hydrogen (secondary N) is 2. The molecule has 4 atom stereocenters. The Hall–Kier alpha value is -3.53. The average Bonchev–Trinajstić information content (AvgIpc) is 3.08. The summed E-state index contributed by atoms with van der Waals surface area (Å²) >= 11 is 17.2. The van der Waals surface area contributed by atoms with Crippen molar-refractivity contribution in [3.8, 4) is 0 Å². The molecular formula is C36H37Cl2N3O4S. The zero-order valence-corrected chi connectivity index (χ0v) is 27.8. The number of carbonyl (C=O) groups excluding carboxylic acids is 1. The Morgan fingerprint density at radius 2 is 1.54 bits per heavy atom. The van der Waals surface area contributed by atoms with E-state index in [1.807, 2.05) is 97.1 Å². The van der Waals surface area contributed by atoms with Crippen molar-refractivity contribution < 1.29 is 19.4 Å². The van der Waals surface area contributed by atoms with Crippen LogP contribution < -0.4 is 10.6 Å². The summed E-state index contributed by atoms with van der Waals surface area (Å²) in [6.45, 7) is 1.34. The number of halogens is 2. The van der Waals surface area contributed by atoms with Crippen LogP contribution in [0.2, 0.25) is 10.0 Å². The lowest BCUT2D eigenvalue weighted by atomic mass is 9.84. The first-order valence-electron chi connectivity index (χ1n) is 15.2. The molecule has 1 saturated heterocycles. The largest absolute Gasteiger partial charge is 0.465 e. The minimum atomic E-state index is -1.19. The van der Waals surface area contributed by atoms with Gasteiger partial charge in [0.2, 0.25) is 5.91 Å². The zero-order chi connectivity index (χ0) is 32.6. The summed E-state index contributed by atoms with van der Waals surface area (Å²) in [7, 11) is 1.44. The molecule has 5 rings (SSSR count). The number of para-hydroxylation sites is 1. The molecule has 0 bridgehead atoms. The van der Waals surface area contributed by atoms with Crippen molar-refractivity contribution in [1.82, 2.24) is 10.2 Å². The highest BCUT2D eigenvalue weighted by Crippen LogP contribution is 2.34. The van der Waals surface area contributed by atoms with E-state index < -0.39 is 24.0 Å². The van der Waals surface area contributed by atoms with Gasteiger partial charge in [-0.2, -0.15) is 12.6 Å². The number of hydrogen-bond donors (Lipinski definition) is 4. The summed E-state index contributed by atoms with van der Waals surface area (Å²) in [4.78, 5) is 27.5. The number of carboxylic acid groups (broad SMARTS) is 1. The van der Waals surface area contributed by atoms with Crippen LogP contribution in [0.4, 0.5) is 10.5 Å². The molecule has 0 aromatic heterocycles. The fraction of sp³-hybridized carbons (Fsp3) is 0.278. The monoisotopic (exact) mass is 677 g/mol. The van der Waals surface area contributed by atoms with Gasteiger partial charge in [-0.25, -0.2) is 4.79 Å². The van der Waals surface area contributed by atoms with E-state index in [1.54, 1.807) is 6.07 Å². The predicted octanol–water partition coefficient (Wildman–Crippen LogP) is 7.70. The number of carbonyl (C=O) groups is 2. The standard InChI is InChI=1S/C36H37Cl2N3O4S/c1-41(36(43)44)33(32(24-11-4-2-5-12-24)25-13-6-3-7-14-25)35(42)40-30-15-9-8-10-23(30)16-18-27-21-39-22-31(45-27)34(46)26-17-19-28(37)29(38)20-26/h2-15,17,19-20,27,31-34,39,46H,16,18,21-22H2,1H3,(H,40,42)(H,43,44)/t27-,31+,33+,34?/m1/s1. The first kappa shape index (κ1) is 33.8. The van der Waals surface area contributed by atoms with Crippen LogP contribution in [0.15, 0.2) is 103 Å². The maximum Gasteiger partial charge on any atom is 0.407 e. The van der Waals surface area contributed by atoms with E-state index in [1.165, 1.54) is 7.05 Å². The third-order valence-corrected chi connectivity index (χ3v) is 9.72. The van der Waals surface area contributed by atoms with Crippen molar-refractivity contribution in [2.24, 2.45) is 0 Å². The normalized spacial score (nSPS) is 17.7. The van der Waals surface area contributed by atoms with E-state index in [2.05, 4.69) is 10.6 Å². The summed E-state index contributed by atoms with van der Waals surface area (Å²) in [6, 6.07) is 31.1. The molecule has 0 saturated carbocycles.